The molecule has 0 spiro atoms. The van der Waals surface area contributed by atoms with Crippen LogP contribution >= 0.6 is 0 Å². The van der Waals surface area contributed by atoms with Crippen molar-refractivity contribution in [3.63, 3.8) is 0 Å². The van der Waals surface area contributed by atoms with Crippen LogP contribution in [0.5, 0.6) is 0 Å². The Morgan fingerprint density at radius 3 is 2.26 bits per heavy atom. The predicted molar refractivity (Wildman–Crippen MR) is 74.1 cm³/mol. The van der Waals surface area contributed by atoms with Gasteiger partial charge in [-0.05, 0) is 5.56 Å². The largest absolute Gasteiger partial charge is 0.363 e. The van der Waals surface area contributed by atoms with Crippen LogP contribution in [0.4, 0.5) is 0 Å². The summed E-state index contributed by atoms with van der Waals surface area (Å²) in [5.74, 6) is 0. The minimum atomic E-state index is -0.942. The number of hydrogen-bond acceptors (Lipinski definition) is 3. The SMILES string of the molecule is O[C@H]1OC[C@@H](c2ccccc2)N=C1c1ccccc1. The van der Waals surface area contributed by atoms with Crippen molar-refractivity contribution in [2.24, 2.45) is 4.99 Å². The normalized spacial score (nSPS) is 22.9. The van der Waals surface area contributed by atoms with E-state index in [1.165, 1.54) is 0 Å². The number of aliphatic hydroxyl groups is 1. The fraction of sp³-hybridized carbons (Fsp3) is 0.188. The van der Waals surface area contributed by atoms with E-state index in [4.69, 9.17) is 4.74 Å². The molecule has 0 saturated carbocycles. The van der Waals surface area contributed by atoms with Crippen LogP contribution in [0.2, 0.25) is 0 Å². The lowest BCUT2D eigenvalue weighted by molar-refractivity contribution is -0.0623. The molecule has 3 nitrogen and oxygen atoms in total. The van der Waals surface area contributed by atoms with Crippen LogP contribution in [0.1, 0.15) is 17.2 Å². The van der Waals surface area contributed by atoms with E-state index in [0.29, 0.717) is 12.3 Å². The van der Waals surface area contributed by atoms with Gasteiger partial charge >= 0.3 is 0 Å². The van der Waals surface area contributed by atoms with Gasteiger partial charge in [-0.3, -0.25) is 4.99 Å². The number of nitrogens with zero attached hydrogens (tertiary/aromatic N) is 1. The van der Waals surface area contributed by atoms with Gasteiger partial charge in [-0.15, -0.1) is 0 Å². The zero-order valence-corrected chi connectivity index (χ0v) is 10.4. The van der Waals surface area contributed by atoms with Gasteiger partial charge in [0.2, 0.25) is 0 Å². The quantitative estimate of drug-likeness (QED) is 0.893. The first-order chi connectivity index (χ1) is 9.34. The molecule has 1 aliphatic rings. The molecule has 96 valence electrons. The number of aliphatic imine (C=N–C) groups is 1. The Kier molecular flexibility index (Phi) is 3.40. The van der Waals surface area contributed by atoms with Crippen LogP contribution in [0.15, 0.2) is 65.7 Å². The van der Waals surface area contributed by atoms with Crippen LogP contribution in [-0.4, -0.2) is 23.7 Å². The second-order valence-electron chi connectivity index (χ2n) is 4.49. The number of benzene rings is 2. The molecule has 0 radical (unpaired) electrons. The molecule has 19 heavy (non-hydrogen) atoms. The smallest absolute Gasteiger partial charge is 0.198 e. The Morgan fingerprint density at radius 2 is 1.58 bits per heavy atom. The molecule has 0 aromatic heterocycles. The van der Waals surface area contributed by atoms with Gasteiger partial charge < -0.3 is 9.84 Å². The average Bonchev–Trinajstić information content (AvgIpc) is 2.49. The monoisotopic (exact) mass is 253 g/mol. The highest BCUT2D eigenvalue weighted by atomic mass is 16.6. The van der Waals surface area contributed by atoms with Gasteiger partial charge in [0, 0.05) is 5.56 Å². The van der Waals surface area contributed by atoms with Crippen LogP contribution in [0, 0.1) is 0 Å². The molecule has 3 heteroatoms. The maximum atomic E-state index is 9.93. The summed E-state index contributed by atoms with van der Waals surface area (Å²) >= 11 is 0. The molecule has 1 N–H and O–H groups in total. The molecule has 0 bridgehead atoms. The Balaban J connectivity index is 1.96. The maximum absolute atomic E-state index is 9.93. The lowest BCUT2D eigenvalue weighted by Gasteiger charge is -2.25. The zero-order valence-electron chi connectivity index (χ0n) is 10.4. The summed E-state index contributed by atoms with van der Waals surface area (Å²) in [5.41, 5.74) is 2.60. The van der Waals surface area contributed by atoms with Gasteiger partial charge in [-0.25, -0.2) is 0 Å². The third kappa shape index (κ3) is 2.57. The lowest BCUT2D eigenvalue weighted by Crippen LogP contribution is -2.32. The van der Waals surface area contributed by atoms with Crippen molar-refractivity contribution in [1.29, 1.82) is 0 Å². The van der Waals surface area contributed by atoms with Crippen LogP contribution < -0.4 is 0 Å². The van der Waals surface area contributed by atoms with Crippen molar-refractivity contribution in [2.45, 2.75) is 12.3 Å². The van der Waals surface area contributed by atoms with Crippen LogP contribution in [-0.2, 0) is 4.74 Å². The second-order valence-corrected chi connectivity index (χ2v) is 4.49. The highest BCUT2D eigenvalue weighted by molar-refractivity contribution is 6.03. The molecule has 2 aromatic carbocycles. The topological polar surface area (TPSA) is 41.8 Å². The van der Waals surface area contributed by atoms with Gasteiger partial charge in [0.05, 0.1) is 18.4 Å². The van der Waals surface area contributed by atoms with E-state index < -0.39 is 6.29 Å². The Morgan fingerprint density at radius 1 is 0.947 bits per heavy atom. The lowest BCUT2D eigenvalue weighted by atomic mass is 10.0. The van der Waals surface area contributed by atoms with Crippen LogP contribution in [0.3, 0.4) is 0 Å². The molecular formula is C16H15NO2. The van der Waals surface area contributed by atoms with Crippen molar-refractivity contribution in [3.8, 4) is 0 Å². The number of rotatable bonds is 2. The first-order valence-electron chi connectivity index (χ1n) is 6.32. The highest BCUT2D eigenvalue weighted by Crippen LogP contribution is 2.24. The summed E-state index contributed by atoms with van der Waals surface area (Å²) in [4.78, 5) is 4.64. The number of aliphatic hydroxyl groups excluding tert-OH is 1. The number of hydrogen-bond donors (Lipinski definition) is 1. The fourth-order valence-corrected chi connectivity index (χ4v) is 2.20. The second kappa shape index (κ2) is 5.34. The summed E-state index contributed by atoms with van der Waals surface area (Å²) < 4.78 is 5.44. The van der Waals surface area contributed by atoms with E-state index in [0.717, 1.165) is 11.1 Å². The van der Waals surface area contributed by atoms with Gasteiger partial charge in [0.1, 0.15) is 0 Å². The molecule has 0 aliphatic carbocycles. The summed E-state index contributed by atoms with van der Waals surface area (Å²) in [7, 11) is 0. The predicted octanol–water partition coefficient (Wildman–Crippen LogP) is 2.57. The third-order valence-electron chi connectivity index (χ3n) is 3.19. The molecule has 2 atom stereocenters. The van der Waals surface area contributed by atoms with Crippen molar-refractivity contribution in [3.05, 3.63) is 71.8 Å². The van der Waals surface area contributed by atoms with Gasteiger partial charge in [-0.2, -0.15) is 0 Å². The van der Waals surface area contributed by atoms with Gasteiger partial charge in [0.25, 0.3) is 0 Å². The highest BCUT2D eigenvalue weighted by Gasteiger charge is 2.25. The fourth-order valence-electron chi connectivity index (χ4n) is 2.20. The van der Waals surface area contributed by atoms with E-state index in [-0.39, 0.29) is 6.04 Å². The van der Waals surface area contributed by atoms with Crippen molar-refractivity contribution < 1.29 is 9.84 Å². The maximum Gasteiger partial charge on any atom is 0.198 e. The minimum absolute atomic E-state index is 0.0557. The Hall–Kier alpha value is -1.97. The molecular weight excluding hydrogens is 238 g/mol. The molecule has 0 amide bonds. The molecule has 0 saturated heterocycles. The molecule has 2 aromatic rings. The minimum Gasteiger partial charge on any atom is -0.363 e. The third-order valence-corrected chi connectivity index (χ3v) is 3.19. The molecule has 1 heterocycles. The summed E-state index contributed by atoms with van der Waals surface area (Å²) in [6.07, 6.45) is -0.942. The molecule has 0 fully saturated rings. The standard InChI is InChI=1S/C16H15NO2/c18-16-15(13-9-5-2-6-10-13)17-14(11-19-16)12-7-3-1-4-8-12/h1-10,14,16,18H,11H2/t14-,16-/m0/s1. The van der Waals surface area contributed by atoms with Gasteiger partial charge in [0.15, 0.2) is 6.29 Å². The molecule has 0 unspecified atom stereocenters. The van der Waals surface area contributed by atoms with Gasteiger partial charge in [-0.1, -0.05) is 60.7 Å². The summed E-state index contributed by atoms with van der Waals surface area (Å²) in [6.45, 7) is 0.404. The van der Waals surface area contributed by atoms with E-state index in [1.807, 2.05) is 60.7 Å². The van der Waals surface area contributed by atoms with Crippen molar-refractivity contribution in [2.75, 3.05) is 6.61 Å². The summed E-state index contributed by atoms with van der Waals surface area (Å²) in [5, 5.41) is 9.93. The molecule has 1 aliphatic heterocycles. The van der Waals surface area contributed by atoms with E-state index in [2.05, 4.69) is 4.99 Å². The summed E-state index contributed by atoms with van der Waals surface area (Å²) in [6, 6.07) is 19.6. The van der Waals surface area contributed by atoms with E-state index in [9.17, 15) is 5.11 Å². The molecule has 3 rings (SSSR count). The average molecular weight is 253 g/mol. The zero-order chi connectivity index (χ0) is 13.1. The van der Waals surface area contributed by atoms with E-state index >= 15 is 0 Å². The van der Waals surface area contributed by atoms with Crippen molar-refractivity contribution >= 4 is 5.71 Å². The Labute approximate surface area is 112 Å². The van der Waals surface area contributed by atoms with Crippen LogP contribution in [0.25, 0.3) is 0 Å². The first kappa shape index (κ1) is 12.1. The number of ether oxygens (including phenoxy) is 1. The first-order valence-corrected chi connectivity index (χ1v) is 6.32. The van der Waals surface area contributed by atoms with E-state index in [1.54, 1.807) is 0 Å². The van der Waals surface area contributed by atoms with Crippen molar-refractivity contribution in [1.82, 2.24) is 0 Å². The Bertz CT molecular complexity index is 566.